The molecular weight excluding hydrogens is 252 g/mol. The van der Waals surface area contributed by atoms with Crippen LogP contribution in [0.15, 0.2) is 18.2 Å². The normalized spacial score (nSPS) is 10.9. The summed E-state index contributed by atoms with van der Waals surface area (Å²) >= 11 is 3.40. The molecular formula is C13H17BrO. The molecule has 2 heteroatoms. The van der Waals surface area contributed by atoms with Gasteiger partial charge in [-0.15, -0.1) is 0 Å². The Morgan fingerprint density at radius 3 is 2.67 bits per heavy atom. The van der Waals surface area contributed by atoms with Gasteiger partial charge in [0, 0.05) is 10.9 Å². The van der Waals surface area contributed by atoms with Gasteiger partial charge >= 0.3 is 0 Å². The number of halogens is 1. The summed E-state index contributed by atoms with van der Waals surface area (Å²) < 4.78 is 5.42. The van der Waals surface area contributed by atoms with E-state index in [1.807, 2.05) is 0 Å². The molecule has 0 aromatic heterocycles. The van der Waals surface area contributed by atoms with E-state index in [2.05, 4.69) is 54.1 Å². The van der Waals surface area contributed by atoms with Gasteiger partial charge in [0.25, 0.3) is 0 Å². The summed E-state index contributed by atoms with van der Waals surface area (Å²) in [5.41, 5.74) is 3.64. The topological polar surface area (TPSA) is 9.23 Å². The smallest absolute Gasteiger partial charge is 0.129 e. The van der Waals surface area contributed by atoms with Crippen LogP contribution in [-0.2, 0) is 0 Å². The lowest BCUT2D eigenvalue weighted by molar-refractivity contribution is 0.410. The maximum atomic E-state index is 5.42. The number of ether oxygens (including phenoxy) is 1. The summed E-state index contributed by atoms with van der Waals surface area (Å²) in [6.07, 6.45) is 5.31. The number of hydrogen-bond donors (Lipinski definition) is 0. The molecule has 0 heterocycles. The predicted molar refractivity (Wildman–Crippen MR) is 69.9 cm³/mol. The Morgan fingerprint density at radius 2 is 2.07 bits per heavy atom. The molecule has 0 fully saturated rings. The molecule has 0 aliphatic rings. The zero-order valence-corrected chi connectivity index (χ0v) is 11.1. The zero-order chi connectivity index (χ0) is 11.3. The standard InChI is InChI=1S/C13H17BrO/c1-10-7-8-12(6-4-5-9-14)13(15-3)11(10)2/h4,6-8H,5,9H2,1-3H3/b6-4+. The molecule has 0 spiro atoms. The van der Waals surface area contributed by atoms with Crippen molar-refractivity contribution in [2.75, 3.05) is 12.4 Å². The number of alkyl halides is 1. The van der Waals surface area contributed by atoms with Gasteiger partial charge in [-0.3, -0.25) is 0 Å². The maximum absolute atomic E-state index is 5.42. The van der Waals surface area contributed by atoms with Crippen molar-refractivity contribution in [3.05, 3.63) is 34.9 Å². The van der Waals surface area contributed by atoms with Gasteiger partial charge in [0.05, 0.1) is 7.11 Å². The van der Waals surface area contributed by atoms with Crippen molar-refractivity contribution in [2.45, 2.75) is 20.3 Å². The van der Waals surface area contributed by atoms with Gasteiger partial charge in [-0.1, -0.05) is 40.2 Å². The SMILES string of the molecule is COc1c(/C=C/CCBr)ccc(C)c1C. The fourth-order valence-corrected chi connectivity index (χ4v) is 1.75. The maximum Gasteiger partial charge on any atom is 0.129 e. The van der Waals surface area contributed by atoms with E-state index in [1.165, 1.54) is 11.1 Å². The largest absolute Gasteiger partial charge is 0.496 e. The fraction of sp³-hybridized carbons (Fsp3) is 0.385. The number of allylic oxidation sites excluding steroid dienone is 1. The molecule has 0 atom stereocenters. The minimum absolute atomic E-state index is 0.987. The molecule has 1 rings (SSSR count). The zero-order valence-electron chi connectivity index (χ0n) is 9.51. The van der Waals surface area contributed by atoms with Crippen LogP contribution in [0.4, 0.5) is 0 Å². The highest BCUT2D eigenvalue weighted by molar-refractivity contribution is 9.09. The first-order valence-electron chi connectivity index (χ1n) is 5.07. The Bertz CT molecular complexity index is 356. The summed E-state index contributed by atoms with van der Waals surface area (Å²) in [7, 11) is 1.73. The van der Waals surface area contributed by atoms with Gasteiger partial charge < -0.3 is 4.74 Å². The van der Waals surface area contributed by atoms with Crippen molar-refractivity contribution >= 4 is 22.0 Å². The van der Waals surface area contributed by atoms with Crippen molar-refractivity contribution in [1.29, 1.82) is 0 Å². The van der Waals surface area contributed by atoms with Crippen LogP contribution < -0.4 is 4.74 Å². The second-order valence-corrected chi connectivity index (χ2v) is 4.30. The molecule has 82 valence electrons. The van der Waals surface area contributed by atoms with Crippen LogP contribution in [-0.4, -0.2) is 12.4 Å². The third-order valence-electron chi connectivity index (χ3n) is 2.48. The third-order valence-corrected chi connectivity index (χ3v) is 2.94. The monoisotopic (exact) mass is 268 g/mol. The van der Waals surface area contributed by atoms with E-state index >= 15 is 0 Å². The fourth-order valence-electron chi connectivity index (χ4n) is 1.49. The van der Waals surface area contributed by atoms with Crippen molar-refractivity contribution < 1.29 is 4.74 Å². The summed E-state index contributed by atoms with van der Waals surface area (Å²) in [5.74, 6) is 0.987. The van der Waals surface area contributed by atoms with Crippen LogP contribution in [0, 0.1) is 13.8 Å². The van der Waals surface area contributed by atoms with Gasteiger partial charge in [0.1, 0.15) is 5.75 Å². The molecule has 0 amide bonds. The van der Waals surface area contributed by atoms with Gasteiger partial charge in [0.2, 0.25) is 0 Å². The van der Waals surface area contributed by atoms with Crippen LogP contribution in [0.25, 0.3) is 6.08 Å². The Balaban J connectivity index is 3.02. The van der Waals surface area contributed by atoms with E-state index in [4.69, 9.17) is 4.74 Å². The van der Waals surface area contributed by atoms with Crippen LogP contribution in [0.5, 0.6) is 5.75 Å². The van der Waals surface area contributed by atoms with Crippen molar-refractivity contribution in [3.8, 4) is 5.75 Å². The van der Waals surface area contributed by atoms with E-state index in [0.717, 1.165) is 23.1 Å². The first-order valence-corrected chi connectivity index (χ1v) is 6.19. The van der Waals surface area contributed by atoms with Crippen molar-refractivity contribution in [3.63, 3.8) is 0 Å². The summed E-state index contributed by atoms with van der Waals surface area (Å²) in [6.45, 7) is 4.19. The van der Waals surface area contributed by atoms with Crippen LogP contribution in [0.1, 0.15) is 23.1 Å². The van der Waals surface area contributed by atoms with Crippen LogP contribution in [0.3, 0.4) is 0 Å². The van der Waals surface area contributed by atoms with Crippen molar-refractivity contribution in [1.82, 2.24) is 0 Å². The number of aryl methyl sites for hydroxylation is 1. The molecule has 0 saturated carbocycles. The number of benzene rings is 1. The summed E-state index contributed by atoms with van der Waals surface area (Å²) in [4.78, 5) is 0. The quantitative estimate of drug-likeness (QED) is 0.747. The van der Waals surface area contributed by atoms with Gasteiger partial charge in [-0.05, 0) is 31.4 Å². The van der Waals surface area contributed by atoms with E-state index < -0.39 is 0 Å². The van der Waals surface area contributed by atoms with Crippen molar-refractivity contribution in [2.24, 2.45) is 0 Å². The summed E-state index contributed by atoms with van der Waals surface area (Å²) in [5, 5.41) is 0.997. The van der Waals surface area contributed by atoms with Crippen LogP contribution in [0.2, 0.25) is 0 Å². The number of methoxy groups -OCH3 is 1. The van der Waals surface area contributed by atoms with Gasteiger partial charge in [0.15, 0.2) is 0 Å². The molecule has 0 unspecified atom stereocenters. The molecule has 0 radical (unpaired) electrons. The first kappa shape index (κ1) is 12.3. The molecule has 1 nitrogen and oxygen atoms in total. The number of rotatable bonds is 4. The molecule has 0 aliphatic heterocycles. The molecule has 15 heavy (non-hydrogen) atoms. The van der Waals surface area contributed by atoms with Gasteiger partial charge in [-0.2, -0.15) is 0 Å². The molecule has 1 aromatic carbocycles. The van der Waals surface area contributed by atoms with Crippen LogP contribution >= 0.6 is 15.9 Å². The molecule has 0 saturated heterocycles. The highest BCUT2D eigenvalue weighted by Crippen LogP contribution is 2.27. The molecule has 1 aromatic rings. The minimum atomic E-state index is 0.987. The van der Waals surface area contributed by atoms with E-state index in [9.17, 15) is 0 Å². The van der Waals surface area contributed by atoms with E-state index in [-0.39, 0.29) is 0 Å². The molecule has 0 N–H and O–H groups in total. The lowest BCUT2D eigenvalue weighted by Crippen LogP contribution is -1.93. The highest BCUT2D eigenvalue weighted by atomic mass is 79.9. The summed E-state index contributed by atoms with van der Waals surface area (Å²) in [6, 6.07) is 4.23. The lowest BCUT2D eigenvalue weighted by atomic mass is 10.0. The highest BCUT2D eigenvalue weighted by Gasteiger charge is 2.05. The van der Waals surface area contributed by atoms with E-state index in [1.54, 1.807) is 7.11 Å². The number of hydrogen-bond acceptors (Lipinski definition) is 1. The Hall–Kier alpha value is -0.760. The molecule has 0 aliphatic carbocycles. The second kappa shape index (κ2) is 5.96. The second-order valence-electron chi connectivity index (χ2n) is 3.51. The van der Waals surface area contributed by atoms with Gasteiger partial charge in [-0.25, -0.2) is 0 Å². The Morgan fingerprint density at radius 1 is 1.33 bits per heavy atom. The first-order chi connectivity index (χ1) is 7.20. The molecule has 0 bridgehead atoms. The third kappa shape index (κ3) is 3.10. The Labute approximate surface area is 100 Å². The Kier molecular flexibility index (Phi) is 4.89. The lowest BCUT2D eigenvalue weighted by Gasteiger charge is -2.10. The minimum Gasteiger partial charge on any atom is -0.496 e. The predicted octanol–water partition coefficient (Wildman–Crippen LogP) is 4.11. The average Bonchev–Trinajstić information content (AvgIpc) is 2.24. The van der Waals surface area contributed by atoms with E-state index in [0.29, 0.717) is 0 Å². The average molecular weight is 269 g/mol.